The van der Waals surface area contributed by atoms with Gasteiger partial charge in [-0.2, -0.15) is 17.5 Å². The minimum atomic E-state index is -4.60. The lowest BCUT2D eigenvalue weighted by atomic mass is 10.2. The SMILES string of the molecule is CCN(CC(=O)Nc1cc(C(F)(F)F)ccc1Cl)S(=O)(=O)c1ccccc1. The molecule has 5 nitrogen and oxygen atoms in total. The van der Waals surface area contributed by atoms with Gasteiger partial charge in [-0.05, 0) is 30.3 Å². The van der Waals surface area contributed by atoms with Gasteiger partial charge in [-0.15, -0.1) is 0 Å². The summed E-state index contributed by atoms with van der Waals surface area (Å²) in [5.41, 5.74) is -1.23. The van der Waals surface area contributed by atoms with Crippen molar-refractivity contribution in [2.75, 3.05) is 18.4 Å². The number of hydrogen-bond donors (Lipinski definition) is 1. The average molecular weight is 421 g/mol. The largest absolute Gasteiger partial charge is 0.416 e. The standard InChI is InChI=1S/C17H16ClF3N2O3S/c1-2-23(27(25,26)13-6-4-3-5-7-13)11-16(24)22-15-10-12(17(19,20)21)8-9-14(15)18/h3-10H,2,11H2,1H3,(H,22,24). The summed E-state index contributed by atoms with van der Waals surface area (Å²) >= 11 is 5.83. The fourth-order valence-electron chi connectivity index (χ4n) is 2.26. The van der Waals surface area contributed by atoms with E-state index >= 15 is 0 Å². The summed E-state index contributed by atoms with van der Waals surface area (Å²) in [7, 11) is -3.92. The molecule has 0 radical (unpaired) electrons. The number of carbonyl (C=O) groups is 1. The monoisotopic (exact) mass is 420 g/mol. The molecule has 0 unspecified atom stereocenters. The van der Waals surface area contributed by atoms with E-state index in [4.69, 9.17) is 11.6 Å². The molecule has 2 aromatic rings. The predicted octanol–water partition coefficient (Wildman–Crippen LogP) is 4.01. The van der Waals surface area contributed by atoms with E-state index in [1.54, 1.807) is 25.1 Å². The number of benzene rings is 2. The second-order valence-electron chi connectivity index (χ2n) is 5.48. The molecule has 0 saturated heterocycles. The van der Waals surface area contributed by atoms with Crippen molar-refractivity contribution in [2.45, 2.75) is 18.0 Å². The number of rotatable bonds is 6. The molecule has 2 rings (SSSR count). The first-order valence-electron chi connectivity index (χ1n) is 7.77. The zero-order valence-electron chi connectivity index (χ0n) is 14.1. The normalized spacial score (nSPS) is 12.2. The topological polar surface area (TPSA) is 66.5 Å². The third-order valence-corrected chi connectivity index (χ3v) is 5.89. The van der Waals surface area contributed by atoms with Gasteiger partial charge in [0.1, 0.15) is 0 Å². The van der Waals surface area contributed by atoms with E-state index in [0.29, 0.717) is 6.07 Å². The van der Waals surface area contributed by atoms with Crippen molar-refractivity contribution in [3.63, 3.8) is 0 Å². The highest BCUT2D eigenvalue weighted by molar-refractivity contribution is 7.89. The number of halogens is 4. The first-order valence-corrected chi connectivity index (χ1v) is 9.59. The molecule has 0 fully saturated rings. The summed E-state index contributed by atoms with van der Waals surface area (Å²) in [6, 6.07) is 10.0. The van der Waals surface area contributed by atoms with Crippen molar-refractivity contribution in [1.82, 2.24) is 4.31 Å². The minimum absolute atomic E-state index is 0.000963. The van der Waals surface area contributed by atoms with Crippen molar-refractivity contribution in [1.29, 1.82) is 0 Å². The van der Waals surface area contributed by atoms with Crippen LogP contribution in [0.5, 0.6) is 0 Å². The molecule has 2 aromatic carbocycles. The van der Waals surface area contributed by atoms with Crippen molar-refractivity contribution in [3.05, 3.63) is 59.1 Å². The van der Waals surface area contributed by atoms with Crippen LogP contribution in [-0.2, 0) is 21.0 Å². The maximum absolute atomic E-state index is 12.8. The van der Waals surface area contributed by atoms with Crippen molar-refractivity contribution < 1.29 is 26.4 Å². The van der Waals surface area contributed by atoms with Gasteiger partial charge in [-0.25, -0.2) is 8.42 Å². The van der Waals surface area contributed by atoms with Gasteiger partial charge in [0.2, 0.25) is 15.9 Å². The van der Waals surface area contributed by atoms with Gasteiger partial charge < -0.3 is 5.32 Å². The van der Waals surface area contributed by atoms with E-state index in [2.05, 4.69) is 5.32 Å². The third-order valence-electron chi connectivity index (χ3n) is 3.62. The lowest BCUT2D eigenvalue weighted by Gasteiger charge is -2.20. The summed E-state index contributed by atoms with van der Waals surface area (Å²) in [5, 5.41) is 2.14. The highest BCUT2D eigenvalue weighted by Gasteiger charge is 2.31. The number of amides is 1. The van der Waals surface area contributed by atoms with Crippen LogP contribution in [0.1, 0.15) is 12.5 Å². The van der Waals surface area contributed by atoms with E-state index in [1.165, 1.54) is 12.1 Å². The highest BCUT2D eigenvalue weighted by Crippen LogP contribution is 2.33. The fourth-order valence-corrected chi connectivity index (χ4v) is 3.85. The zero-order chi connectivity index (χ0) is 20.2. The number of sulfonamides is 1. The van der Waals surface area contributed by atoms with Gasteiger partial charge >= 0.3 is 6.18 Å². The summed E-state index contributed by atoms with van der Waals surface area (Å²) in [6.45, 7) is 0.978. The van der Waals surface area contributed by atoms with Crippen LogP contribution in [0.4, 0.5) is 18.9 Å². The number of hydrogen-bond acceptors (Lipinski definition) is 3. The van der Waals surface area contributed by atoms with Crippen LogP contribution in [0.25, 0.3) is 0 Å². The van der Waals surface area contributed by atoms with Gasteiger partial charge in [0.15, 0.2) is 0 Å². The van der Waals surface area contributed by atoms with Crippen LogP contribution in [0, 0.1) is 0 Å². The number of nitrogens with zero attached hydrogens (tertiary/aromatic N) is 1. The molecule has 0 aliphatic carbocycles. The van der Waals surface area contributed by atoms with Gasteiger partial charge in [-0.3, -0.25) is 4.79 Å². The molecule has 1 amide bonds. The Morgan fingerprint density at radius 3 is 2.33 bits per heavy atom. The van der Waals surface area contributed by atoms with E-state index in [-0.39, 0.29) is 22.2 Å². The Balaban J connectivity index is 2.19. The van der Waals surface area contributed by atoms with Gasteiger partial charge in [0.05, 0.1) is 27.7 Å². The minimum Gasteiger partial charge on any atom is -0.324 e. The Bertz CT molecular complexity index is 919. The third kappa shape index (κ3) is 5.21. The van der Waals surface area contributed by atoms with Crippen LogP contribution in [0.3, 0.4) is 0 Å². The first kappa shape index (κ1) is 21.2. The van der Waals surface area contributed by atoms with Gasteiger partial charge in [0.25, 0.3) is 0 Å². The lowest BCUT2D eigenvalue weighted by Crippen LogP contribution is -2.37. The van der Waals surface area contributed by atoms with E-state index in [0.717, 1.165) is 16.4 Å². The van der Waals surface area contributed by atoms with Crippen molar-refractivity contribution >= 4 is 33.2 Å². The first-order chi connectivity index (χ1) is 12.6. The molecular weight excluding hydrogens is 405 g/mol. The quantitative estimate of drug-likeness (QED) is 0.767. The number of alkyl halides is 3. The molecule has 0 spiro atoms. The summed E-state index contributed by atoms with van der Waals surface area (Å²) in [6.07, 6.45) is -4.60. The molecule has 0 aromatic heterocycles. The molecule has 1 N–H and O–H groups in total. The molecule has 0 aliphatic heterocycles. The fraction of sp³-hybridized carbons (Fsp3) is 0.235. The van der Waals surface area contributed by atoms with Crippen LogP contribution >= 0.6 is 11.6 Å². The number of nitrogens with one attached hydrogen (secondary N) is 1. The smallest absolute Gasteiger partial charge is 0.324 e. The van der Waals surface area contributed by atoms with E-state index in [1.807, 2.05) is 0 Å². The van der Waals surface area contributed by atoms with Crippen LogP contribution in [0.2, 0.25) is 5.02 Å². The lowest BCUT2D eigenvalue weighted by molar-refractivity contribution is -0.137. The van der Waals surface area contributed by atoms with Crippen molar-refractivity contribution in [3.8, 4) is 0 Å². The number of likely N-dealkylation sites (N-methyl/N-ethyl adjacent to an activating group) is 1. The molecule has 10 heteroatoms. The zero-order valence-corrected chi connectivity index (χ0v) is 15.7. The Labute approximate surface area is 159 Å². The Morgan fingerprint density at radius 2 is 1.78 bits per heavy atom. The average Bonchev–Trinajstić information content (AvgIpc) is 2.61. The summed E-state index contributed by atoms with van der Waals surface area (Å²) < 4.78 is 64.5. The molecule has 146 valence electrons. The van der Waals surface area contributed by atoms with Gasteiger partial charge in [0, 0.05) is 6.54 Å². The molecule has 27 heavy (non-hydrogen) atoms. The molecular formula is C17H16ClF3N2O3S. The number of carbonyl (C=O) groups excluding carboxylic acids is 1. The molecule has 0 atom stereocenters. The van der Waals surface area contributed by atoms with Crippen LogP contribution in [0.15, 0.2) is 53.4 Å². The number of anilines is 1. The highest BCUT2D eigenvalue weighted by atomic mass is 35.5. The van der Waals surface area contributed by atoms with E-state index in [9.17, 15) is 26.4 Å². The predicted molar refractivity (Wildman–Crippen MR) is 96.0 cm³/mol. The molecule has 0 bridgehead atoms. The molecule has 0 aliphatic rings. The maximum Gasteiger partial charge on any atom is 0.416 e. The maximum atomic E-state index is 12.8. The van der Waals surface area contributed by atoms with Crippen LogP contribution in [-0.4, -0.2) is 31.7 Å². The second-order valence-corrected chi connectivity index (χ2v) is 7.83. The Hall–Kier alpha value is -2.10. The second kappa shape index (κ2) is 8.28. The molecule has 0 saturated carbocycles. The summed E-state index contributed by atoms with van der Waals surface area (Å²) in [5.74, 6) is -0.808. The Kier molecular flexibility index (Phi) is 6.50. The Morgan fingerprint density at radius 1 is 1.15 bits per heavy atom. The van der Waals surface area contributed by atoms with E-state index < -0.39 is 34.2 Å². The van der Waals surface area contributed by atoms with Gasteiger partial charge in [-0.1, -0.05) is 36.7 Å². The molecule has 0 heterocycles. The van der Waals surface area contributed by atoms with Crippen molar-refractivity contribution in [2.24, 2.45) is 0 Å². The van der Waals surface area contributed by atoms with Crippen LogP contribution < -0.4 is 5.32 Å². The summed E-state index contributed by atoms with van der Waals surface area (Å²) in [4.78, 5) is 12.2.